The van der Waals surface area contributed by atoms with Crippen LogP contribution in [0.3, 0.4) is 0 Å². The number of nitrogens with zero attached hydrogens (tertiary/aromatic N) is 2. The third kappa shape index (κ3) is 5.82. The van der Waals surface area contributed by atoms with Crippen molar-refractivity contribution in [2.75, 3.05) is 13.7 Å². The zero-order valence-electron chi connectivity index (χ0n) is 27.6. The number of carbonyl (C=O) groups is 2. The molecule has 0 saturated carbocycles. The molecule has 3 aromatic carbocycles. The summed E-state index contributed by atoms with van der Waals surface area (Å²) < 4.78 is 17.0. The van der Waals surface area contributed by atoms with Gasteiger partial charge in [-0.25, -0.2) is 9.78 Å². The molecular formula is C35H42BN4O6. The second-order valence-electron chi connectivity index (χ2n) is 13.7. The smallest absolute Gasteiger partial charge is 0.407 e. The number of carbonyl (C=O) groups excluding carboxylic acids is 2. The summed E-state index contributed by atoms with van der Waals surface area (Å²) in [7, 11) is 2.99. The molecule has 10 nitrogen and oxygen atoms in total. The van der Waals surface area contributed by atoms with E-state index < -0.39 is 23.3 Å². The molecule has 11 heteroatoms. The summed E-state index contributed by atoms with van der Waals surface area (Å²) in [5, 5.41) is 15.1. The highest BCUT2D eigenvalue weighted by Gasteiger charge is 2.38. The summed E-state index contributed by atoms with van der Waals surface area (Å²) in [4.78, 5) is 35.9. The molecule has 3 heterocycles. The van der Waals surface area contributed by atoms with Gasteiger partial charge in [0.05, 0.1) is 35.4 Å². The number of likely N-dealkylation sites (tertiary alicyclic amines) is 1. The molecule has 46 heavy (non-hydrogen) atoms. The van der Waals surface area contributed by atoms with E-state index in [-0.39, 0.29) is 17.9 Å². The van der Waals surface area contributed by atoms with Crippen LogP contribution in [-0.4, -0.2) is 70.4 Å². The number of aromatic nitrogens is 2. The number of methoxy groups -OCH3 is 1. The third-order valence-electron chi connectivity index (χ3n) is 9.60. The first kappa shape index (κ1) is 31.9. The lowest BCUT2D eigenvalue weighted by molar-refractivity contribution is -0.135. The number of H-pyrrole nitrogens is 1. The van der Waals surface area contributed by atoms with Gasteiger partial charge in [-0.15, -0.1) is 0 Å². The number of fused-ring (bicyclic) bond motifs is 6. The normalized spacial score (nSPS) is 17.1. The first-order valence-corrected chi connectivity index (χ1v) is 15.9. The summed E-state index contributed by atoms with van der Waals surface area (Å²) in [6.45, 7) is 12.0. The van der Waals surface area contributed by atoms with Crippen molar-refractivity contribution in [1.82, 2.24) is 20.2 Å². The Morgan fingerprint density at radius 1 is 1.13 bits per heavy atom. The van der Waals surface area contributed by atoms with Crippen LogP contribution in [-0.2, 0) is 20.8 Å². The van der Waals surface area contributed by atoms with Crippen molar-refractivity contribution < 1.29 is 28.8 Å². The van der Waals surface area contributed by atoms with Gasteiger partial charge >= 0.3 is 13.6 Å². The number of nitrogens with one attached hydrogen (secondary N) is 2. The zero-order valence-corrected chi connectivity index (χ0v) is 27.6. The Labute approximate surface area is 270 Å². The van der Waals surface area contributed by atoms with Gasteiger partial charge in [-0.2, -0.15) is 0 Å². The lowest BCUT2D eigenvalue weighted by atomic mass is 9.80. The van der Waals surface area contributed by atoms with Crippen molar-refractivity contribution in [2.45, 2.75) is 84.3 Å². The van der Waals surface area contributed by atoms with Crippen LogP contribution >= 0.6 is 0 Å². The highest BCUT2D eigenvalue weighted by atomic mass is 16.5. The van der Waals surface area contributed by atoms with E-state index >= 15 is 0 Å². The van der Waals surface area contributed by atoms with Crippen molar-refractivity contribution in [3.05, 3.63) is 53.9 Å². The maximum absolute atomic E-state index is 13.6. The Morgan fingerprint density at radius 3 is 2.63 bits per heavy atom. The number of rotatable bonds is 8. The number of alkyl carbamates (subject to hydrolysis) is 1. The molecule has 2 aliphatic heterocycles. The van der Waals surface area contributed by atoms with Gasteiger partial charge in [0.25, 0.3) is 0 Å². The van der Waals surface area contributed by atoms with Crippen LogP contribution in [0.5, 0.6) is 5.75 Å². The molecule has 241 valence electrons. The summed E-state index contributed by atoms with van der Waals surface area (Å²) in [5.74, 6) is 1.28. The predicted octanol–water partition coefficient (Wildman–Crippen LogP) is 5.13. The highest BCUT2D eigenvalue weighted by molar-refractivity contribution is 6.47. The summed E-state index contributed by atoms with van der Waals surface area (Å²) in [6, 6.07) is 13.6. The van der Waals surface area contributed by atoms with E-state index in [9.17, 15) is 14.7 Å². The first-order chi connectivity index (χ1) is 21.8. The number of aliphatic hydroxyl groups is 1. The average molecular weight is 626 g/mol. The van der Waals surface area contributed by atoms with Crippen LogP contribution in [0.25, 0.3) is 32.9 Å². The number of amides is 2. The molecule has 1 saturated heterocycles. The molecule has 2 amide bonds. The lowest BCUT2D eigenvalue weighted by Gasteiger charge is -2.37. The number of aromatic amines is 1. The Bertz CT molecular complexity index is 1810. The minimum Gasteiger partial charge on any atom is -0.488 e. The minimum atomic E-state index is -1.00. The molecule has 6 rings (SSSR count). The molecule has 3 N–H and O–H groups in total. The predicted molar refractivity (Wildman–Crippen MR) is 178 cm³/mol. The minimum absolute atomic E-state index is 0.104. The second kappa shape index (κ2) is 11.9. The Morgan fingerprint density at radius 2 is 1.91 bits per heavy atom. The zero-order chi connectivity index (χ0) is 33.0. The van der Waals surface area contributed by atoms with Crippen LogP contribution < -0.4 is 15.5 Å². The SMILES string of the molecule is COC(=O)NC(C(=O)N1CCCC1c1nc2c(ccc3cc4c(cc32)OCc2cc([B]OC(C)(C)C(C)(C)O)ccc2-4)[nH]1)C(C)C. The van der Waals surface area contributed by atoms with E-state index in [4.69, 9.17) is 19.1 Å². The Hall–Kier alpha value is -4.09. The average Bonchev–Trinajstić information content (AvgIpc) is 3.68. The van der Waals surface area contributed by atoms with Crippen molar-refractivity contribution in [1.29, 1.82) is 0 Å². The van der Waals surface area contributed by atoms with E-state index in [1.54, 1.807) is 21.3 Å². The maximum atomic E-state index is 13.6. The van der Waals surface area contributed by atoms with Crippen molar-refractivity contribution >= 4 is 46.8 Å². The molecule has 1 aromatic heterocycles. The van der Waals surface area contributed by atoms with Gasteiger partial charge in [0, 0.05) is 17.5 Å². The summed E-state index contributed by atoms with van der Waals surface area (Å²) in [6.07, 6.45) is 1.01. The van der Waals surface area contributed by atoms with Crippen molar-refractivity contribution in [3.63, 3.8) is 0 Å². The molecule has 0 aliphatic carbocycles. The fourth-order valence-electron chi connectivity index (χ4n) is 6.11. The lowest BCUT2D eigenvalue weighted by Crippen LogP contribution is -2.51. The topological polar surface area (TPSA) is 126 Å². The standard InChI is InChI=1S/C35H42BN4O6/c1-19(2)29(39-33(42)44-7)32(41)40-14-8-9-27(40)31-37-26-13-10-20-16-25-23-12-11-22(36-46-35(5,6)34(3,4)43)15-21(23)18-45-28(25)17-24(20)30(26)38-31/h10-13,15-17,19,27,29,43H,8-9,14,18H2,1-7H3,(H,37,38)(H,39,42). The molecule has 2 unspecified atom stereocenters. The maximum Gasteiger partial charge on any atom is 0.407 e. The van der Waals surface area contributed by atoms with Crippen LogP contribution in [0.2, 0.25) is 0 Å². The van der Waals surface area contributed by atoms with Crippen LogP contribution in [0.1, 0.15) is 71.8 Å². The molecule has 1 radical (unpaired) electrons. The second-order valence-corrected chi connectivity index (χ2v) is 13.7. The van der Waals surface area contributed by atoms with Crippen molar-refractivity contribution in [2.24, 2.45) is 5.92 Å². The van der Waals surface area contributed by atoms with Crippen molar-refractivity contribution in [3.8, 4) is 16.9 Å². The van der Waals surface area contributed by atoms with E-state index in [2.05, 4.69) is 40.6 Å². The van der Waals surface area contributed by atoms with Crippen LogP contribution in [0.15, 0.2) is 42.5 Å². The molecule has 4 aromatic rings. The largest absolute Gasteiger partial charge is 0.488 e. The highest BCUT2D eigenvalue weighted by Crippen LogP contribution is 2.42. The Kier molecular flexibility index (Phi) is 8.27. The number of imidazole rings is 1. The van der Waals surface area contributed by atoms with Crippen LogP contribution in [0.4, 0.5) is 4.79 Å². The van der Waals surface area contributed by atoms with E-state index in [0.717, 1.165) is 68.4 Å². The molecule has 1 fully saturated rings. The molecule has 2 atom stereocenters. The molecule has 2 aliphatic rings. The molecular weight excluding hydrogens is 583 g/mol. The third-order valence-corrected chi connectivity index (χ3v) is 9.60. The number of ether oxygens (including phenoxy) is 2. The summed E-state index contributed by atoms with van der Waals surface area (Å²) >= 11 is 0. The van der Waals surface area contributed by atoms with Gasteiger partial charge in [0.1, 0.15) is 24.2 Å². The quantitative estimate of drug-likeness (QED) is 0.232. The first-order valence-electron chi connectivity index (χ1n) is 15.9. The summed E-state index contributed by atoms with van der Waals surface area (Å²) in [5.41, 5.74) is 4.02. The number of hydrogen-bond donors (Lipinski definition) is 3. The fraction of sp³-hybridized carbons (Fsp3) is 0.457. The van der Waals surface area contributed by atoms with Gasteiger partial charge < -0.3 is 34.4 Å². The van der Waals surface area contributed by atoms with E-state index in [1.165, 1.54) is 7.11 Å². The van der Waals surface area contributed by atoms with Gasteiger partial charge in [-0.1, -0.05) is 43.6 Å². The number of benzene rings is 3. The fourth-order valence-corrected chi connectivity index (χ4v) is 6.11. The Balaban J connectivity index is 1.28. The monoisotopic (exact) mass is 625 g/mol. The van der Waals surface area contributed by atoms with Gasteiger partial charge in [-0.05, 0) is 81.2 Å². The van der Waals surface area contributed by atoms with Crippen LogP contribution in [0, 0.1) is 5.92 Å². The number of hydrogen-bond acceptors (Lipinski definition) is 7. The van der Waals surface area contributed by atoms with Gasteiger partial charge in [0.15, 0.2) is 0 Å². The van der Waals surface area contributed by atoms with E-state index in [1.807, 2.05) is 44.7 Å². The van der Waals surface area contributed by atoms with Gasteiger partial charge in [0.2, 0.25) is 5.91 Å². The van der Waals surface area contributed by atoms with Gasteiger partial charge in [-0.3, -0.25) is 4.79 Å². The molecule has 0 bridgehead atoms. The van der Waals surface area contributed by atoms with E-state index in [0.29, 0.717) is 13.2 Å². The molecule has 0 spiro atoms.